The maximum atomic E-state index is 15.6. The summed E-state index contributed by atoms with van der Waals surface area (Å²) in [5, 5.41) is 9.80. The lowest BCUT2D eigenvalue weighted by Crippen LogP contribution is -2.62. The highest BCUT2D eigenvalue weighted by atomic mass is 19.1. The number of benzene rings is 1. The third kappa shape index (κ3) is 3.30. The molecule has 0 fully saturated rings. The number of aromatic nitrogens is 5. The Labute approximate surface area is 187 Å². The molecule has 0 aliphatic heterocycles. The molecule has 1 aromatic carbocycles. The van der Waals surface area contributed by atoms with Gasteiger partial charge < -0.3 is 5.11 Å². The fourth-order valence-corrected chi connectivity index (χ4v) is 4.72. The molecule has 3 rings (SSSR count). The Morgan fingerprint density at radius 1 is 1.09 bits per heavy atom. The molecule has 0 saturated carbocycles. The summed E-state index contributed by atoms with van der Waals surface area (Å²) in [5.74, 6) is -1.62. The van der Waals surface area contributed by atoms with E-state index in [1.54, 1.807) is 41.5 Å². The van der Waals surface area contributed by atoms with E-state index >= 15 is 8.78 Å². The molecule has 0 aliphatic rings. The molecule has 3 aromatic rings. The Morgan fingerprint density at radius 3 is 2.31 bits per heavy atom. The summed E-state index contributed by atoms with van der Waals surface area (Å²) in [7, 11) is 0. The first-order chi connectivity index (χ1) is 15.4. The molecule has 172 valence electrons. The summed E-state index contributed by atoms with van der Waals surface area (Å²) in [6, 6.07) is 3.02. The Balaban J connectivity index is 2.54. The van der Waals surface area contributed by atoms with E-state index in [0.717, 1.165) is 12.1 Å². The molecule has 0 saturated heterocycles. The molecule has 0 unspecified atom stereocenters. The van der Waals surface area contributed by atoms with Gasteiger partial charge in [-0.3, -0.25) is 0 Å². The number of aryl methyl sites for hydroxylation is 3. The van der Waals surface area contributed by atoms with Crippen molar-refractivity contribution >= 4 is 0 Å². The summed E-state index contributed by atoms with van der Waals surface area (Å²) in [6.45, 7) is 11.7. The Kier molecular flexibility index (Phi) is 5.56. The van der Waals surface area contributed by atoms with Crippen molar-refractivity contribution in [3.8, 4) is 0 Å². The molecular formula is C23H28F3N5O. The van der Waals surface area contributed by atoms with E-state index in [-0.39, 0.29) is 23.4 Å². The van der Waals surface area contributed by atoms with Gasteiger partial charge in [0.2, 0.25) is 1.43 Å². The van der Waals surface area contributed by atoms with Crippen molar-refractivity contribution in [2.45, 2.75) is 71.4 Å². The molecule has 2 aromatic heterocycles. The van der Waals surface area contributed by atoms with E-state index in [4.69, 9.17) is 6.54 Å². The fraction of sp³-hybridized carbons (Fsp3) is 0.478. The molecule has 0 bridgehead atoms. The lowest BCUT2D eigenvalue weighted by atomic mass is 9.58. The van der Waals surface area contributed by atoms with E-state index < -0.39 is 34.0 Å². The van der Waals surface area contributed by atoms with Crippen LogP contribution in [0.15, 0.2) is 24.5 Å². The van der Waals surface area contributed by atoms with Gasteiger partial charge in [-0.25, -0.2) is 32.8 Å². The van der Waals surface area contributed by atoms with Gasteiger partial charge in [-0.15, -0.1) is 0 Å². The van der Waals surface area contributed by atoms with E-state index in [1.807, 2.05) is 0 Å². The molecule has 0 spiro atoms. The average molecular weight is 449 g/mol. The molecule has 6 nitrogen and oxygen atoms in total. The third-order valence-electron chi connectivity index (χ3n) is 6.56. The predicted octanol–water partition coefficient (Wildman–Crippen LogP) is 4.40. The minimum absolute atomic E-state index is 0.0307. The quantitative estimate of drug-likeness (QED) is 0.580. The van der Waals surface area contributed by atoms with Crippen molar-refractivity contribution in [1.82, 2.24) is 24.7 Å². The highest BCUT2D eigenvalue weighted by Crippen LogP contribution is 2.54. The van der Waals surface area contributed by atoms with Crippen molar-refractivity contribution in [3.63, 3.8) is 0 Å². The topological polar surface area (TPSA) is 76.7 Å². The molecule has 0 amide bonds. The summed E-state index contributed by atoms with van der Waals surface area (Å²) < 4.78 is 54.8. The summed E-state index contributed by atoms with van der Waals surface area (Å²) in [5.41, 5.74) is -4.73. The molecular weight excluding hydrogens is 419 g/mol. The Hall–Kier alpha value is -2.81. The van der Waals surface area contributed by atoms with Crippen LogP contribution in [0.2, 0.25) is 0 Å². The van der Waals surface area contributed by atoms with E-state index in [0.29, 0.717) is 11.6 Å². The van der Waals surface area contributed by atoms with Crippen LogP contribution in [-0.2, 0) is 16.6 Å². The van der Waals surface area contributed by atoms with Gasteiger partial charge in [0.25, 0.3) is 0 Å². The van der Waals surface area contributed by atoms with Crippen molar-refractivity contribution in [2.75, 3.05) is 0 Å². The SMILES string of the molecule is [2H]O[C@](c1ccc(F)cc1F)(C(C)(C)n1ncnc1C)[C@@](C)(CC)c1nc(C)nc(C)c1F. The van der Waals surface area contributed by atoms with Gasteiger partial charge in [-0.05, 0) is 47.1 Å². The zero-order valence-corrected chi connectivity index (χ0v) is 19.3. The van der Waals surface area contributed by atoms with Crippen LogP contribution >= 0.6 is 0 Å². The van der Waals surface area contributed by atoms with Gasteiger partial charge in [-0.2, -0.15) is 5.10 Å². The number of aliphatic hydroxyl groups is 1. The van der Waals surface area contributed by atoms with Crippen LogP contribution in [0.3, 0.4) is 0 Å². The smallest absolute Gasteiger partial charge is 0.212 e. The number of hydrogen-bond donors (Lipinski definition) is 1. The molecule has 2 atom stereocenters. The zero-order valence-electron chi connectivity index (χ0n) is 20.3. The summed E-state index contributed by atoms with van der Waals surface area (Å²) in [6.07, 6.45) is 1.52. The van der Waals surface area contributed by atoms with Gasteiger partial charge in [0, 0.05) is 17.0 Å². The highest BCUT2D eigenvalue weighted by Gasteiger charge is 2.61. The van der Waals surface area contributed by atoms with Crippen LogP contribution in [0.1, 0.15) is 62.7 Å². The molecule has 2 heterocycles. The van der Waals surface area contributed by atoms with Crippen LogP contribution in [0, 0.1) is 38.2 Å². The second-order valence-electron chi connectivity index (χ2n) is 8.79. The first-order valence-electron chi connectivity index (χ1n) is 10.8. The van der Waals surface area contributed by atoms with Gasteiger partial charge in [0.05, 0.1) is 16.9 Å². The predicted molar refractivity (Wildman–Crippen MR) is 113 cm³/mol. The first-order valence-corrected chi connectivity index (χ1v) is 10.4. The van der Waals surface area contributed by atoms with Crippen LogP contribution in [0.4, 0.5) is 13.2 Å². The largest absolute Gasteiger partial charge is 0.382 e. The lowest BCUT2D eigenvalue weighted by Gasteiger charge is -2.53. The van der Waals surface area contributed by atoms with Gasteiger partial charge in [0.1, 0.15) is 35.2 Å². The Bertz CT molecular complexity index is 1180. The second-order valence-corrected chi connectivity index (χ2v) is 8.79. The van der Waals surface area contributed by atoms with E-state index in [9.17, 15) is 4.39 Å². The van der Waals surface area contributed by atoms with Crippen LogP contribution < -0.4 is 0 Å². The molecule has 1 N–H and O–H groups in total. The van der Waals surface area contributed by atoms with Crippen molar-refractivity contribution in [2.24, 2.45) is 0 Å². The van der Waals surface area contributed by atoms with Crippen LogP contribution in [0.5, 0.6) is 0 Å². The molecule has 0 radical (unpaired) electrons. The second kappa shape index (κ2) is 7.95. The fourth-order valence-electron chi connectivity index (χ4n) is 4.72. The van der Waals surface area contributed by atoms with Crippen molar-refractivity contribution in [3.05, 3.63) is 70.6 Å². The Morgan fingerprint density at radius 2 is 1.78 bits per heavy atom. The van der Waals surface area contributed by atoms with Gasteiger partial charge in [0.15, 0.2) is 5.82 Å². The van der Waals surface area contributed by atoms with Crippen LogP contribution in [0.25, 0.3) is 0 Å². The number of halogens is 3. The minimum Gasteiger partial charge on any atom is -0.382 e. The van der Waals surface area contributed by atoms with Gasteiger partial charge >= 0.3 is 0 Å². The maximum Gasteiger partial charge on any atom is 0.212 e. The van der Waals surface area contributed by atoms with Crippen molar-refractivity contribution < 1.29 is 18.3 Å². The zero-order chi connectivity index (χ0) is 24.8. The lowest BCUT2D eigenvalue weighted by molar-refractivity contribution is -0.135. The average Bonchev–Trinajstić information content (AvgIpc) is 3.19. The van der Waals surface area contributed by atoms with Gasteiger partial charge in [-0.1, -0.05) is 19.9 Å². The van der Waals surface area contributed by atoms with E-state index in [1.165, 1.54) is 24.0 Å². The third-order valence-corrected chi connectivity index (χ3v) is 6.56. The summed E-state index contributed by atoms with van der Waals surface area (Å²) in [4.78, 5) is 12.7. The normalized spacial score (nSPS) is 16.4. The standard InChI is InChI=1S/C23H28F3N5O/c1-8-22(7,20-19(26)13(2)29-14(3)30-20)23(32,17-10-9-16(24)11-18(17)25)21(5,6)31-15(4)27-12-28-31/h9-12,32H,8H2,1-7H3/t22-,23+/m0/s1/i32D. The monoisotopic (exact) mass is 448 g/mol. The highest BCUT2D eigenvalue weighted by molar-refractivity contribution is 5.38. The molecule has 0 aliphatic carbocycles. The van der Waals surface area contributed by atoms with Crippen LogP contribution in [-0.4, -0.2) is 31.3 Å². The number of rotatable bonds is 7. The molecule has 9 heteroatoms. The first kappa shape index (κ1) is 22.4. The van der Waals surface area contributed by atoms with Crippen molar-refractivity contribution in [1.29, 1.82) is 1.43 Å². The number of hydrogen-bond acceptors (Lipinski definition) is 5. The number of nitrogens with zero attached hydrogens (tertiary/aromatic N) is 5. The maximum absolute atomic E-state index is 15.6. The van der Waals surface area contributed by atoms with E-state index in [2.05, 4.69) is 20.1 Å². The minimum atomic E-state index is -1.93. The molecule has 32 heavy (non-hydrogen) atoms. The summed E-state index contributed by atoms with van der Waals surface area (Å²) >= 11 is 0.